The lowest BCUT2D eigenvalue weighted by atomic mass is 10.1. The van der Waals surface area contributed by atoms with Crippen molar-refractivity contribution in [3.05, 3.63) is 59.1 Å². The van der Waals surface area contributed by atoms with Crippen molar-refractivity contribution in [2.75, 3.05) is 39.5 Å². The third-order valence-electron chi connectivity index (χ3n) is 5.78. The predicted molar refractivity (Wildman–Crippen MR) is 136 cm³/mol. The number of carbonyl (C=O) groups is 2. The standard InChI is InChI=1S/C25H32ClN3O6S/c1-3-12-27-25(31)19(2)29(17-20-4-6-21(26)7-5-20)24(30)18-35-22-8-10-23(11-9-22)36(32,33)28-13-15-34-16-14-28/h4-11,19H,3,12-18H2,1-2H3,(H,27,31)/t19-/m1/s1. The number of rotatable bonds is 11. The van der Waals surface area contributed by atoms with Gasteiger partial charge in [-0.3, -0.25) is 9.59 Å². The Kier molecular flexibility index (Phi) is 10.1. The number of amides is 2. The number of nitrogens with one attached hydrogen (secondary N) is 1. The first-order chi connectivity index (χ1) is 17.2. The quantitative estimate of drug-likeness (QED) is 0.472. The molecule has 36 heavy (non-hydrogen) atoms. The molecule has 2 aromatic rings. The number of nitrogens with zero attached hydrogens (tertiary/aromatic N) is 2. The zero-order chi connectivity index (χ0) is 26.1. The van der Waals surface area contributed by atoms with Crippen LogP contribution in [0.5, 0.6) is 5.75 Å². The third-order valence-corrected chi connectivity index (χ3v) is 7.94. The van der Waals surface area contributed by atoms with Gasteiger partial charge >= 0.3 is 0 Å². The highest BCUT2D eigenvalue weighted by atomic mass is 35.5. The van der Waals surface area contributed by atoms with Crippen molar-refractivity contribution in [2.45, 2.75) is 37.8 Å². The fraction of sp³-hybridized carbons (Fsp3) is 0.440. The summed E-state index contributed by atoms with van der Waals surface area (Å²) in [4.78, 5) is 27.3. The van der Waals surface area contributed by atoms with E-state index in [9.17, 15) is 18.0 Å². The summed E-state index contributed by atoms with van der Waals surface area (Å²) in [5, 5.41) is 3.40. The molecule has 1 saturated heterocycles. The van der Waals surface area contributed by atoms with Gasteiger partial charge in [-0.25, -0.2) is 8.42 Å². The van der Waals surface area contributed by atoms with Crippen molar-refractivity contribution >= 4 is 33.4 Å². The van der Waals surface area contributed by atoms with Crippen molar-refractivity contribution in [3.8, 4) is 5.75 Å². The fourth-order valence-corrected chi connectivity index (χ4v) is 5.17. The van der Waals surface area contributed by atoms with Crippen LogP contribution >= 0.6 is 11.6 Å². The minimum Gasteiger partial charge on any atom is -0.484 e. The first-order valence-electron chi connectivity index (χ1n) is 11.8. The van der Waals surface area contributed by atoms with Gasteiger partial charge in [-0.1, -0.05) is 30.7 Å². The molecule has 0 radical (unpaired) electrons. The van der Waals surface area contributed by atoms with E-state index in [-0.39, 0.29) is 29.9 Å². The number of sulfonamides is 1. The normalized spacial score (nSPS) is 15.2. The second-order valence-electron chi connectivity index (χ2n) is 8.39. The van der Waals surface area contributed by atoms with Crippen LogP contribution in [-0.2, 0) is 30.9 Å². The fourth-order valence-electron chi connectivity index (χ4n) is 3.64. The number of benzene rings is 2. The molecular formula is C25H32ClN3O6S. The van der Waals surface area contributed by atoms with Crippen molar-refractivity contribution in [3.63, 3.8) is 0 Å². The highest BCUT2D eigenvalue weighted by molar-refractivity contribution is 7.89. The van der Waals surface area contributed by atoms with Gasteiger partial charge in [0.2, 0.25) is 15.9 Å². The van der Waals surface area contributed by atoms with Crippen LogP contribution in [0.15, 0.2) is 53.4 Å². The van der Waals surface area contributed by atoms with E-state index in [1.54, 1.807) is 31.2 Å². The van der Waals surface area contributed by atoms with E-state index in [4.69, 9.17) is 21.1 Å². The molecule has 196 valence electrons. The van der Waals surface area contributed by atoms with Crippen molar-refractivity contribution in [1.82, 2.24) is 14.5 Å². The van der Waals surface area contributed by atoms with Crippen molar-refractivity contribution < 1.29 is 27.5 Å². The average molecular weight is 538 g/mol. The molecule has 0 aliphatic carbocycles. The zero-order valence-electron chi connectivity index (χ0n) is 20.5. The lowest BCUT2D eigenvalue weighted by molar-refractivity contribution is -0.142. The van der Waals surface area contributed by atoms with Gasteiger partial charge < -0.3 is 19.7 Å². The summed E-state index contributed by atoms with van der Waals surface area (Å²) < 4.78 is 37.8. The lowest BCUT2D eigenvalue weighted by Gasteiger charge is -2.28. The largest absolute Gasteiger partial charge is 0.484 e. The van der Waals surface area contributed by atoms with Crippen LogP contribution in [0.1, 0.15) is 25.8 Å². The van der Waals surface area contributed by atoms with E-state index in [0.29, 0.717) is 43.6 Å². The maximum atomic E-state index is 13.1. The molecule has 2 aromatic carbocycles. The maximum absolute atomic E-state index is 13.1. The molecule has 1 heterocycles. The molecular weight excluding hydrogens is 506 g/mol. The molecule has 0 saturated carbocycles. The molecule has 2 amide bonds. The van der Waals surface area contributed by atoms with Gasteiger partial charge in [-0.2, -0.15) is 4.31 Å². The smallest absolute Gasteiger partial charge is 0.261 e. The second-order valence-corrected chi connectivity index (χ2v) is 10.8. The number of ether oxygens (including phenoxy) is 2. The molecule has 1 N–H and O–H groups in total. The number of hydrogen-bond donors (Lipinski definition) is 1. The van der Waals surface area contributed by atoms with Gasteiger partial charge in [0.15, 0.2) is 6.61 Å². The Labute approximate surface area is 217 Å². The first kappa shape index (κ1) is 27.9. The van der Waals surface area contributed by atoms with Gasteiger partial charge in [-0.15, -0.1) is 0 Å². The highest BCUT2D eigenvalue weighted by Crippen LogP contribution is 2.21. The Balaban J connectivity index is 1.67. The maximum Gasteiger partial charge on any atom is 0.261 e. The molecule has 0 bridgehead atoms. The zero-order valence-corrected chi connectivity index (χ0v) is 22.1. The Hall–Kier alpha value is -2.66. The van der Waals surface area contributed by atoms with E-state index in [2.05, 4.69) is 5.32 Å². The number of hydrogen-bond acceptors (Lipinski definition) is 6. The molecule has 11 heteroatoms. The summed E-state index contributed by atoms with van der Waals surface area (Å²) in [6, 6.07) is 12.3. The van der Waals surface area contributed by atoms with Crippen LogP contribution in [0.4, 0.5) is 0 Å². The predicted octanol–water partition coefficient (Wildman–Crippen LogP) is 2.68. The molecule has 3 rings (SSSR count). The molecule has 1 fully saturated rings. The van der Waals surface area contributed by atoms with Gasteiger partial charge in [0.25, 0.3) is 5.91 Å². The van der Waals surface area contributed by atoms with Gasteiger partial charge in [0, 0.05) is 31.2 Å². The summed E-state index contributed by atoms with van der Waals surface area (Å²) in [6.07, 6.45) is 0.782. The molecule has 1 atom stereocenters. The highest BCUT2D eigenvalue weighted by Gasteiger charge is 2.28. The molecule has 0 spiro atoms. The lowest BCUT2D eigenvalue weighted by Crippen LogP contribution is -2.49. The van der Waals surface area contributed by atoms with Gasteiger partial charge in [0.05, 0.1) is 18.1 Å². The minimum atomic E-state index is -3.62. The summed E-state index contributed by atoms with van der Waals surface area (Å²) in [6.45, 7) is 5.38. The van der Waals surface area contributed by atoms with Crippen LogP contribution in [0.25, 0.3) is 0 Å². The van der Waals surface area contributed by atoms with E-state index in [0.717, 1.165) is 12.0 Å². The van der Waals surface area contributed by atoms with Crippen molar-refractivity contribution in [2.24, 2.45) is 0 Å². The summed E-state index contributed by atoms with van der Waals surface area (Å²) in [7, 11) is -3.62. The van der Waals surface area contributed by atoms with E-state index in [1.807, 2.05) is 6.92 Å². The molecule has 1 aliphatic rings. The summed E-state index contributed by atoms with van der Waals surface area (Å²) in [5.41, 5.74) is 0.820. The second kappa shape index (κ2) is 13.0. The van der Waals surface area contributed by atoms with Gasteiger partial charge in [-0.05, 0) is 55.3 Å². The van der Waals surface area contributed by atoms with Crippen LogP contribution < -0.4 is 10.1 Å². The Bertz CT molecular complexity index is 1120. The monoisotopic (exact) mass is 537 g/mol. The summed E-state index contributed by atoms with van der Waals surface area (Å²) >= 11 is 5.97. The van der Waals surface area contributed by atoms with E-state index < -0.39 is 16.1 Å². The Morgan fingerprint density at radius 2 is 1.75 bits per heavy atom. The Morgan fingerprint density at radius 1 is 1.11 bits per heavy atom. The molecule has 1 aliphatic heterocycles. The number of carbonyl (C=O) groups excluding carboxylic acids is 2. The number of morpholine rings is 1. The summed E-state index contributed by atoms with van der Waals surface area (Å²) in [5.74, 6) is -0.287. The van der Waals surface area contributed by atoms with Crippen LogP contribution in [-0.4, -0.2) is 74.9 Å². The van der Waals surface area contributed by atoms with Crippen LogP contribution in [0, 0.1) is 0 Å². The topological polar surface area (TPSA) is 105 Å². The van der Waals surface area contributed by atoms with Gasteiger partial charge in [0.1, 0.15) is 11.8 Å². The number of halogens is 1. The molecule has 0 unspecified atom stereocenters. The van der Waals surface area contributed by atoms with Crippen LogP contribution in [0.2, 0.25) is 5.02 Å². The minimum absolute atomic E-state index is 0.147. The SMILES string of the molecule is CCCNC(=O)[C@@H](C)N(Cc1ccc(Cl)cc1)C(=O)COc1ccc(S(=O)(=O)N2CCOCC2)cc1. The average Bonchev–Trinajstić information content (AvgIpc) is 2.90. The Morgan fingerprint density at radius 3 is 2.36 bits per heavy atom. The van der Waals surface area contributed by atoms with Crippen molar-refractivity contribution in [1.29, 1.82) is 0 Å². The van der Waals surface area contributed by atoms with Crippen LogP contribution in [0.3, 0.4) is 0 Å². The van der Waals surface area contributed by atoms with E-state index >= 15 is 0 Å². The molecule has 0 aromatic heterocycles. The molecule has 9 nitrogen and oxygen atoms in total. The first-order valence-corrected chi connectivity index (χ1v) is 13.7. The van der Waals surface area contributed by atoms with E-state index in [1.165, 1.54) is 33.5 Å². The third kappa shape index (κ3) is 7.42.